The van der Waals surface area contributed by atoms with Gasteiger partial charge in [-0.15, -0.1) is 0 Å². The van der Waals surface area contributed by atoms with Crippen molar-refractivity contribution in [3.8, 4) is 0 Å². The van der Waals surface area contributed by atoms with Crippen LogP contribution in [0, 0.1) is 6.92 Å². The highest BCUT2D eigenvalue weighted by atomic mass is 32.2. The average molecular weight is 279 g/mol. The molecule has 2 rings (SSSR count). The number of nitrogens with zero attached hydrogens (tertiary/aromatic N) is 2. The van der Waals surface area contributed by atoms with Crippen LogP contribution >= 0.6 is 0 Å². The first-order chi connectivity index (χ1) is 8.95. The first-order valence-corrected chi connectivity index (χ1v) is 7.51. The fourth-order valence-electron chi connectivity index (χ4n) is 1.69. The van der Waals surface area contributed by atoms with Crippen LogP contribution in [0.5, 0.6) is 0 Å². The van der Waals surface area contributed by atoms with Crippen molar-refractivity contribution >= 4 is 10.0 Å². The summed E-state index contributed by atoms with van der Waals surface area (Å²) in [5.41, 5.74) is 7.59. The van der Waals surface area contributed by atoms with E-state index >= 15 is 0 Å². The lowest BCUT2D eigenvalue weighted by atomic mass is 10.1. The van der Waals surface area contributed by atoms with Crippen LogP contribution in [-0.2, 0) is 10.0 Å². The van der Waals surface area contributed by atoms with E-state index in [-0.39, 0.29) is 10.9 Å². The quantitative estimate of drug-likeness (QED) is 0.926. The molecule has 0 fully saturated rings. The molecule has 0 amide bonds. The number of aromatic nitrogens is 2. The lowest BCUT2D eigenvalue weighted by molar-refractivity contribution is 0.580. The van der Waals surface area contributed by atoms with Crippen LogP contribution in [0.2, 0.25) is 0 Å². The number of nitrogens with two attached hydrogens (primary N) is 1. The Bertz CT molecular complexity index is 659. The Morgan fingerprint density at radius 1 is 1.32 bits per heavy atom. The van der Waals surface area contributed by atoms with Gasteiger partial charge in [0.15, 0.2) is 0 Å². The van der Waals surface area contributed by atoms with Crippen molar-refractivity contribution in [2.24, 2.45) is 5.73 Å². The summed E-state index contributed by atoms with van der Waals surface area (Å²) in [6.45, 7) is 3.85. The minimum atomic E-state index is -3.63. The van der Waals surface area contributed by atoms with Crippen LogP contribution in [0.15, 0.2) is 41.6 Å². The maximum Gasteiger partial charge on any atom is 0.282 e. The number of hydrogen-bond donors (Lipinski definition) is 1. The van der Waals surface area contributed by atoms with Crippen LogP contribution < -0.4 is 5.73 Å². The van der Waals surface area contributed by atoms with Crippen molar-refractivity contribution in [1.29, 1.82) is 0 Å². The molecule has 1 aromatic heterocycles. The lowest BCUT2D eigenvalue weighted by Gasteiger charge is -2.05. The summed E-state index contributed by atoms with van der Waals surface area (Å²) in [6, 6.07) is 6.48. The van der Waals surface area contributed by atoms with Crippen LogP contribution in [0.3, 0.4) is 0 Å². The summed E-state index contributed by atoms with van der Waals surface area (Å²) < 4.78 is 25.6. The normalized spacial score (nSPS) is 13.4. The molecule has 0 aliphatic heterocycles. The summed E-state index contributed by atoms with van der Waals surface area (Å²) in [4.78, 5) is 0.220. The Morgan fingerprint density at radius 2 is 1.95 bits per heavy atom. The van der Waals surface area contributed by atoms with Gasteiger partial charge in [-0.2, -0.15) is 17.6 Å². The van der Waals surface area contributed by atoms with Gasteiger partial charge in [0.05, 0.1) is 11.1 Å². The topological polar surface area (TPSA) is 78.0 Å². The SMILES string of the molecule is CC[C@H](N)c1cnn(S(=O)(=O)c2ccc(C)cc2)c1. The summed E-state index contributed by atoms with van der Waals surface area (Å²) in [7, 11) is -3.63. The van der Waals surface area contributed by atoms with E-state index in [9.17, 15) is 8.42 Å². The van der Waals surface area contributed by atoms with E-state index in [1.165, 1.54) is 12.4 Å². The summed E-state index contributed by atoms with van der Waals surface area (Å²) >= 11 is 0. The molecule has 0 radical (unpaired) electrons. The third-order valence-corrected chi connectivity index (χ3v) is 4.57. The van der Waals surface area contributed by atoms with Gasteiger partial charge in [-0.25, -0.2) is 0 Å². The van der Waals surface area contributed by atoms with Crippen molar-refractivity contribution in [1.82, 2.24) is 9.19 Å². The standard InChI is InChI=1S/C13H17N3O2S/c1-3-13(14)11-8-15-16(9-11)19(17,18)12-6-4-10(2)5-7-12/h4-9,13H,3,14H2,1-2H3/t13-/m0/s1. The molecule has 6 heteroatoms. The fraction of sp³-hybridized carbons (Fsp3) is 0.308. The molecule has 0 aliphatic rings. The van der Waals surface area contributed by atoms with Crippen LogP contribution in [-0.4, -0.2) is 17.6 Å². The van der Waals surface area contributed by atoms with Gasteiger partial charge in [0, 0.05) is 17.8 Å². The molecular weight excluding hydrogens is 262 g/mol. The van der Waals surface area contributed by atoms with Gasteiger partial charge in [-0.05, 0) is 25.5 Å². The van der Waals surface area contributed by atoms with Gasteiger partial charge in [0.1, 0.15) is 0 Å². The third-order valence-electron chi connectivity index (χ3n) is 3.01. The molecule has 1 atom stereocenters. The smallest absolute Gasteiger partial charge is 0.282 e. The molecule has 1 aromatic carbocycles. The van der Waals surface area contributed by atoms with Crippen molar-refractivity contribution in [2.75, 3.05) is 0 Å². The molecule has 1 heterocycles. The molecule has 5 nitrogen and oxygen atoms in total. The van der Waals surface area contributed by atoms with Gasteiger partial charge in [0.25, 0.3) is 10.0 Å². The van der Waals surface area contributed by atoms with E-state index in [4.69, 9.17) is 5.73 Å². The van der Waals surface area contributed by atoms with Gasteiger partial charge in [0.2, 0.25) is 0 Å². The second-order valence-electron chi connectivity index (χ2n) is 4.48. The van der Waals surface area contributed by atoms with E-state index in [2.05, 4.69) is 5.10 Å². The van der Waals surface area contributed by atoms with Gasteiger partial charge < -0.3 is 5.73 Å². The molecule has 0 bridgehead atoms. The highest BCUT2D eigenvalue weighted by molar-refractivity contribution is 7.89. The average Bonchev–Trinajstić information content (AvgIpc) is 2.88. The second kappa shape index (κ2) is 5.14. The van der Waals surface area contributed by atoms with Gasteiger partial charge >= 0.3 is 0 Å². The molecule has 2 aromatic rings. The summed E-state index contributed by atoms with van der Waals surface area (Å²) in [5.74, 6) is 0. The predicted molar refractivity (Wildman–Crippen MR) is 73.2 cm³/mol. The van der Waals surface area contributed by atoms with Crippen LogP contribution in [0.25, 0.3) is 0 Å². The first-order valence-electron chi connectivity index (χ1n) is 6.07. The number of hydrogen-bond acceptors (Lipinski definition) is 4. The highest BCUT2D eigenvalue weighted by Gasteiger charge is 2.19. The molecule has 2 N–H and O–H groups in total. The van der Waals surface area contributed by atoms with E-state index in [0.717, 1.165) is 21.6 Å². The van der Waals surface area contributed by atoms with Crippen molar-refractivity contribution in [3.63, 3.8) is 0 Å². The van der Waals surface area contributed by atoms with Crippen molar-refractivity contribution < 1.29 is 8.42 Å². The zero-order valence-corrected chi connectivity index (χ0v) is 11.8. The number of rotatable bonds is 4. The highest BCUT2D eigenvalue weighted by Crippen LogP contribution is 2.17. The number of aryl methyl sites for hydroxylation is 1. The number of benzene rings is 1. The predicted octanol–water partition coefficient (Wildman–Crippen LogP) is 1.84. The molecule has 0 saturated heterocycles. The lowest BCUT2D eigenvalue weighted by Crippen LogP contribution is -2.14. The summed E-state index contributed by atoms with van der Waals surface area (Å²) in [5, 5.41) is 3.90. The van der Waals surface area contributed by atoms with E-state index < -0.39 is 10.0 Å². The maximum atomic E-state index is 12.3. The van der Waals surface area contributed by atoms with Crippen LogP contribution in [0.4, 0.5) is 0 Å². The largest absolute Gasteiger partial charge is 0.324 e. The molecule has 102 valence electrons. The van der Waals surface area contributed by atoms with E-state index in [1.54, 1.807) is 24.3 Å². The summed E-state index contributed by atoms with van der Waals surface area (Å²) in [6.07, 6.45) is 3.71. The maximum absolute atomic E-state index is 12.3. The minimum absolute atomic E-state index is 0.193. The monoisotopic (exact) mass is 279 g/mol. The van der Waals surface area contributed by atoms with E-state index in [1.807, 2.05) is 13.8 Å². The Kier molecular flexibility index (Phi) is 3.73. The molecule has 0 spiro atoms. The second-order valence-corrected chi connectivity index (χ2v) is 6.27. The van der Waals surface area contributed by atoms with E-state index in [0.29, 0.717) is 0 Å². The van der Waals surface area contributed by atoms with Crippen LogP contribution in [0.1, 0.15) is 30.5 Å². The van der Waals surface area contributed by atoms with Gasteiger partial charge in [-0.1, -0.05) is 24.6 Å². The Morgan fingerprint density at radius 3 is 2.53 bits per heavy atom. The molecule has 0 aliphatic carbocycles. The minimum Gasteiger partial charge on any atom is -0.324 e. The zero-order valence-electron chi connectivity index (χ0n) is 10.9. The Labute approximate surface area is 113 Å². The fourth-order valence-corrected chi connectivity index (χ4v) is 2.82. The molecule has 0 unspecified atom stereocenters. The van der Waals surface area contributed by atoms with Crippen molar-refractivity contribution in [3.05, 3.63) is 47.8 Å². The third kappa shape index (κ3) is 2.69. The van der Waals surface area contributed by atoms with Crippen molar-refractivity contribution in [2.45, 2.75) is 31.2 Å². The van der Waals surface area contributed by atoms with Gasteiger partial charge in [-0.3, -0.25) is 0 Å². The zero-order chi connectivity index (χ0) is 14.0. The Balaban J connectivity index is 2.39. The first kappa shape index (κ1) is 13.8. The molecular formula is C13H17N3O2S. The molecule has 19 heavy (non-hydrogen) atoms. The molecule has 0 saturated carbocycles. The Hall–Kier alpha value is -1.66.